The summed E-state index contributed by atoms with van der Waals surface area (Å²) in [5.41, 5.74) is 8.03. The van der Waals surface area contributed by atoms with Crippen molar-refractivity contribution in [2.24, 2.45) is 11.7 Å². The van der Waals surface area contributed by atoms with Crippen LogP contribution in [0, 0.1) is 12.8 Å². The molecule has 0 aromatic heterocycles. The molecule has 3 N–H and O–H groups in total. The zero-order chi connectivity index (χ0) is 17.9. The van der Waals surface area contributed by atoms with Crippen LogP contribution in [-0.2, 0) is 10.2 Å². The van der Waals surface area contributed by atoms with Gasteiger partial charge in [-0.25, -0.2) is 4.79 Å². The number of aryl methyl sites for hydroxylation is 1. The molecule has 1 saturated heterocycles. The first-order chi connectivity index (χ1) is 12.0. The van der Waals surface area contributed by atoms with Crippen LogP contribution in [0.1, 0.15) is 49.7 Å². The fourth-order valence-electron chi connectivity index (χ4n) is 4.39. The number of rotatable bonds is 4. The third-order valence-corrected chi connectivity index (χ3v) is 5.90. The van der Waals surface area contributed by atoms with E-state index in [1.54, 1.807) is 4.90 Å². The molecule has 1 aliphatic heterocycles. The second-order valence-corrected chi connectivity index (χ2v) is 7.70. The highest BCUT2D eigenvalue weighted by Gasteiger charge is 2.37. The monoisotopic (exact) mass is 343 g/mol. The summed E-state index contributed by atoms with van der Waals surface area (Å²) in [6.07, 6.45) is 6.33. The summed E-state index contributed by atoms with van der Waals surface area (Å²) in [5, 5.41) is 3.19. The van der Waals surface area contributed by atoms with E-state index >= 15 is 0 Å². The van der Waals surface area contributed by atoms with Gasteiger partial charge >= 0.3 is 6.03 Å². The highest BCUT2D eigenvalue weighted by Crippen LogP contribution is 2.41. The number of benzene rings is 1. The molecule has 1 heterocycles. The molecule has 2 fully saturated rings. The molecule has 0 radical (unpaired) electrons. The van der Waals surface area contributed by atoms with Crippen molar-refractivity contribution in [3.8, 4) is 0 Å². The second kappa shape index (κ2) is 7.46. The molecule has 25 heavy (non-hydrogen) atoms. The van der Waals surface area contributed by atoms with Crippen LogP contribution < -0.4 is 11.1 Å². The van der Waals surface area contributed by atoms with E-state index in [0.717, 1.165) is 25.7 Å². The molecule has 1 aromatic rings. The van der Waals surface area contributed by atoms with Gasteiger partial charge in [-0.3, -0.25) is 4.79 Å². The van der Waals surface area contributed by atoms with Gasteiger partial charge in [0.25, 0.3) is 0 Å². The Balaban J connectivity index is 1.66. The van der Waals surface area contributed by atoms with Crippen LogP contribution in [0.15, 0.2) is 24.3 Å². The number of piperidine rings is 1. The molecule has 1 aromatic carbocycles. The van der Waals surface area contributed by atoms with Crippen LogP contribution >= 0.6 is 0 Å². The lowest BCUT2D eigenvalue weighted by Crippen LogP contribution is -2.49. The van der Waals surface area contributed by atoms with Gasteiger partial charge in [0, 0.05) is 25.0 Å². The van der Waals surface area contributed by atoms with Crippen molar-refractivity contribution >= 4 is 11.9 Å². The van der Waals surface area contributed by atoms with Gasteiger partial charge in [-0.15, -0.1) is 0 Å². The molecular formula is C20H29N3O2. The number of primary amides is 1. The van der Waals surface area contributed by atoms with Gasteiger partial charge in [-0.05, 0) is 38.2 Å². The van der Waals surface area contributed by atoms with Crippen LogP contribution in [0.4, 0.5) is 4.79 Å². The van der Waals surface area contributed by atoms with Crippen LogP contribution in [0.25, 0.3) is 0 Å². The fraction of sp³-hybridized carbons (Fsp3) is 0.600. The summed E-state index contributed by atoms with van der Waals surface area (Å²) in [6, 6.07) is 8.25. The van der Waals surface area contributed by atoms with E-state index in [1.807, 2.05) is 0 Å². The normalized spacial score (nSPS) is 22.6. The molecule has 1 saturated carbocycles. The van der Waals surface area contributed by atoms with E-state index < -0.39 is 6.03 Å². The number of hydrogen-bond acceptors (Lipinski definition) is 2. The molecule has 2 aliphatic rings. The maximum Gasteiger partial charge on any atom is 0.314 e. The molecule has 3 amide bonds. The number of carbonyl (C=O) groups excluding carboxylic acids is 2. The van der Waals surface area contributed by atoms with Crippen molar-refractivity contribution in [3.63, 3.8) is 0 Å². The van der Waals surface area contributed by atoms with E-state index in [9.17, 15) is 9.59 Å². The Morgan fingerprint density at radius 2 is 2.04 bits per heavy atom. The number of hydrogen-bond donors (Lipinski definition) is 2. The lowest BCUT2D eigenvalue weighted by molar-refractivity contribution is -0.126. The Morgan fingerprint density at radius 1 is 1.28 bits per heavy atom. The van der Waals surface area contributed by atoms with E-state index in [0.29, 0.717) is 19.6 Å². The number of urea groups is 1. The molecule has 0 bridgehead atoms. The number of nitrogens with one attached hydrogen (secondary N) is 1. The number of amides is 3. The predicted molar refractivity (Wildman–Crippen MR) is 98.2 cm³/mol. The number of likely N-dealkylation sites (tertiary alicyclic amines) is 1. The summed E-state index contributed by atoms with van der Waals surface area (Å²) < 4.78 is 0. The van der Waals surface area contributed by atoms with Gasteiger partial charge in [0.1, 0.15) is 0 Å². The predicted octanol–water partition coefficient (Wildman–Crippen LogP) is 2.71. The highest BCUT2D eigenvalue weighted by atomic mass is 16.2. The van der Waals surface area contributed by atoms with Crippen molar-refractivity contribution in [2.75, 3.05) is 19.6 Å². The highest BCUT2D eigenvalue weighted by molar-refractivity contribution is 5.80. The van der Waals surface area contributed by atoms with E-state index in [4.69, 9.17) is 5.73 Å². The molecule has 5 heteroatoms. The topological polar surface area (TPSA) is 75.4 Å². The minimum Gasteiger partial charge on any atom is -0.355 e. The van der Waals surface area contributed by atoms with Crippen molar-refractivity contribution in [1.82, 2.24) is 10.2 Å². The Hall–Kier alpha value is -2.04. The average Bonchev–Trinajstić information content (AvgIpc) is 3.10. The largest absolute Gasteiger partial charge is 0.355 e. The molecule has 3 rings (SSSR count). The van der Waals surface area contributed by atoms with Gasteiger partial charge in [-0.1, -0.05) is 42.7 Å². The Labute approximate surface area is 150 Å². The first-order valence-electron chi connectivity index (χ1n) is 9.39. The summed E-state index contributed by atoms with van der Waals surface area (Å²) in [7, 11) is 0. The van der Waals surface area contributed by atoms with Gasteiger partial charge in [-0.2, -0.15) is 0 Å². The van der Waals surface area contributed by atoms with Crippen LogP contribution in [0.5, 0.6) is 0 Å². The van der Waals surface area contributed by atoms with E-state index in [-0.39, 0.29) is 17.2 Å². The lowest BCUT2D eigenvalue weighted by Gasteiger charge is -2.33. The minimum atomic E-state index is -0.426. The van der Waals surface area contributed by atoms with Crippen molar-refractivity contribution in [2.45, 2.75) is 50.9 Å². The van der Waals surface area contributed by atoms with E-state index in [2.05, 4.69) is 36.5 Å². The van der Waals surface area contributed by atoms with Crippen LogP contribution in [-0.4, -0.2) is 36.5 Å². The lowest BCUT2D eigenvalue weighted by atomic mass is 9.78. The zero-order valence-electron chi connectivity index (χ0n) is 15.1. The number of nitrogens with zero attached hydrogens (tertiary/aromatic N) is 1. The smallest absolute Gasteiger partial charge is 0.314 e. The third kappa shape index (κ3) is 3.97. The van der Waals surface area contributed by atoms with Gasteiger partial charge in [0.15, 0.2) is 0 Å². The Kier molecular flexibility index (Phi) is 5.30. The SMILES string of the molecule is Cc1cccc(C2(CNC(=O)[C@H]3CCCN(C(N)=O)C3)CCCC2)c1. The standard InChI is InChI=1S/C20H29N3O2/c1-15-6-4-8-17(12-15)20(9-2-3-10-20)14-22-18(24)16-7-5-11-23(13-16)19(21)25/h4,6,8,12,16H,2-3,5,7,9-11,13-14H2,1H3,(H2,21,25)(H,22,24)/t16-/m0/s1. The molecule has 1 aliphatic carbocycles. The maximum absolute atomic E-state index is 12.7. The second-order valence-electron chi connectivity index (χ2n) is 7.70. The Morgan fingerprint density at radius 3 is 2.72 bits per heavy atom. The van der Waals surface area contributed by atoms with Crippen molar-refractivity contribution in [1.29, 1.82) is 0 Å². The third-order valence-electron chi connectivity index (χ3n) is 5.90. The molecule has 1 atom stereocenters. The number of carbonyl (C=O) groups is 2. The first kappa shape index (κ1) is 17.8. The summed E-state index contributed by atoms with van der Waals surface area (Å²) in [5.74, 6) is -0.0814. The first-order valence-corrected chi connectivity index (χ1v) is 9.39. The Bertz CT molecular complexity index is 638. The summed E-state index contributed by atoms with van der Waals surface area (Å²) in [4.78, 5) is 25.6. The summed E-state index contributed by atoms with van der Waals surface area (Å²) >= 11 is 0. The van der Waals surface area contributed by atoms with Crippen molar-refractivity contribution in [3.05, 3.63) is 35.4 Å². The van der Waals surface area contributed by atoms with Gasteiger partial charge in [0.2, 0.25) is 5.91 Å². The molecule has 0 spiro atoms. The zero-order valence-corrected chi connectivity index (χ0v) is 15.1. The van der Waals surface area contributed by atoms with Crippen LogP contribution in [0.3, 0.4) is 0 Å². The van der Waals surface area contributed by atoms with Crippen LogP contribution in [0.2, 0.25) is 0 Å². The number of nitrogens with two attached hydrogens (primary N) is 1. The molecular weight excluding hydrogens is 314 g/mol. The molecule has 0 unspecified atom stereocenters. The molecule has 136 valence electrons. The van der Waals surface area contributed by atoms with Gasteiger partial charge in [0.05, 0.1) is 5.92 Å². The quantitative estimate of drug-likeness (QED) is 0.882. The molecule has 5 nitrogen and oxygen atoms in total. The fourth-order valence-corrected chi connectivity index (χ4v) is 4.39. The average molecular weight is 343 g/mol. The van der Waals surface area contributed by atoms with Gasteiger partial charge < -0.3 is 16.0 Å². The van der Waals surface area contributed by atoms with E-state index in [1.165, 1.54) is 24.0 Å². The minimum absolute atomic E-state index is 0.0553. The summed E-state index contributed by atoms with van der Waals surface area (Å²) in [6.45, 7) is 3.90. The maximum atomic E-state index is 12.7. The van der Waals surface area contributed by atoms with Crippen molar-refractivity contribution < 1.29 is 9.59 Å².